The standard InChI is InChI=1S/C27H33O5P.C15H16ClO4P.C12H18O/c1-21(2)25-16-11-17-26(22(3)4)27(25)29-20-32-33(28,30-18-23-12-7-5-8-13-23)31-19-24-14-9-6-10-15-24;16-13-20-21(17,18-11-14-7-3-1-4-8-14)19-12-15-9-5-2-6-10-15;1-8(2)10-6-5-7-11(9(3)4)12(10)13/h5-17,21-22H,18-20H2,1-4H3;1-10H,11-13H2;5-9,13H,1-4H3. The van der Waals surface area contributed by atoms with Crippen molar-refractivity contribution in [2.45, 2.75) is 105 Å². The summed E-state index contributed by atoms with van der Waals surface area (Å²) in [5.41, 5.74) is 7.75. The van der Waals surface area contributed by atoms with Crippen molar-refractivity contribution in [1.82, 2.24) is 0 Å². The quantitative estimate of drug-likeness (QED) is 0.0400. The molecule has 0 saturated carbocycles. The molecule has 0 amide bonds. The van der Waals surface area contributed by atoms with E-state index < -0.39 is 15.6 Å². The van der Waals surface area contributed by atoms with Crippen LogP contribution < -0.4 is 4.74 Å². The Hall–Kier alpha value is -4.57. The molecule has 0 atom stereocenters. The molecule has 13 heteroatoms. The van der Waals surface area contributed by atoms with Gasteiger partial charge < -0.3 is 9.84 Å². The minimum atomic E-state index is -3.89. The van der Waals surface area contributed by atoms with E-state index in [-0.39, 0.29) is 51.1 Å². The molecule has 0 aliphatic carbocycles. The Labute approximate surface area is 403 Å². The van der Waals surface area contributed by atoms with E-state index in [0.29, 0.717) is 17.6 Å². The van der Waals surface area contributed by atoms with Gasteiger partial charge in [-0.25, -0.2) is 13.7 Å². The highest BCUT2D eigenvalue weighted by molar-refractivity contribution is 7.48. The van der Waals surface area contributed by atoms with Gasteiger partial charge in [0.2, 0.25) is 0 Å². The van der Waals surface area contributed by atoms with Gasteiger partial charge in [-0.1, -0.05) is 225 Å². The molecule has 0 fully saturated rings. The van der Waals surface area contributed by atoms with Crippen molar-refractivity contribution in [2.24, 2.45) is 0 Å². The predicted octanol–water partition coefficient (Wildman–Crippen LogP) is 16.2. The van der Waals surface area contributed by atoms with Crippen LogP contribution in [0.5, 0.6) is 11.5 Å². The number of phenols is 1. The summed E-state index contributed by atoms with van der Waals surface area (Å²) in [6, 6.07) is 49.6. The number of benzene rings is 6. The van der Waals surface area contributed by atoms with Crippen LogP contribution in [-0.2, 0) is 62.7 Å². The lowest BCUT2D eigenvalue weighted by atomic mass is 9.94. The van der Waals surface area contributed by atoms with Crippen molar-refractivity contribution in [2.75, 3.05) is 12.9 Å². The number of rotatable bonds is 22. The molecule has 0 bridgehead atoms. The summed E-state index contributed by atoms with van der Waals surface area (Å²) in [4.78, 5) is 0. The molecule has 0 spiro atoms. The normalized spacial score (nSPS) is 11.6. The molecular weight excluding hydrogens is 906 g/mol. The van der Waals surface area contributed by atoms with Crippen LogP contribution in [0.4, 0.5) is 0 Å². The second kappa shape index (κ2) is 28.7. The lowest BCUT2D eigenvalue weighted by Crippen LogP contribution is -2.09. The lowest BCUT2D eigenvalue weighted by Gasteiger charge is -2.22. The van der Waals surface area contributed by atoms with Gasteiger partial charge in [-0.2, -0.15) is 0 Å². The summed E-state index contributed by atoms with van der Waals surface area (Å²) in [6.07, 6.45) is 0. The van der Waals surface area contributed by atoms with Crippen LogP contribution in [0.15, 0.2) is 158 Å². The van der Waals surface area contributed by atoms with Crippen molar-refractivity contribution in [1.29, 1.82) is 0 Å². The molecule has 0 saturated heterocycles. The average Bonchev–Trinajstić information content (AvgIpc) is 3.33. The van der Waals surface area contributed by atoms with Gasteiger partial charge in [-0.3, -0.25) is 22.6 Å². The predicted molar refractivity (Wildman–Crippen MR) is 269 cm³/mol. The van der Waals surface area contributed by atoms with E-state index in [2.05, 4.69) is 55.4 Å². The minimum Gasteiger partial charge on any atom is -0.507 e. The summed E-state index contributed by atoms with van der Waals surface area (Å²) in [6.45, 7) is 17.1. The third-order valence-corrected chi connectivity index (χ3v) is 13.1. The zero-order valence-electron chi connectivity index (χ0n) is 40.0. The van der Waals surface area contributed by atoms with Crippen LogP contribution in [0.2, 0.25) is 0 Å². The van der Waals surface area contributed by atoms with Gasteiger partial charge in [0, 0.05) is 0 Å². The van der Waals surface area contributed by atoms with Crippen molar-refractivity contribution >= 4 is 27.2 Å². The summed E-state index contributed by atoms with van der Waals surface area (Å²) < 4.78 is 64.4. The smallest absolute Gasteiger partial charge is 0.478 e. The maximum Gasteiger partial charge on any atom is 0.478 e. The molecule has 0 aliphatic rings. The first-order chi connectivity index (χ1) is 32.1. The molecular formula is C54H67ClO10P2. The minimum absolute atomic E-state index is 0.104. The highest BCUT2D eigenvalue weighted by Gasteiger charge is 2.29. The maximum absolute atomic E-state index is 13.4. The third-order valence-electron chi connectivity index (χ3n) is 10.2. The Morgan fingerprint density at radius 2 is 0.687 bits per heavy atom. The molecule has 0 heterocycles. The van der Waals surface area contributed by atoms with Crippen molar-refractivity contribution in [3.05, 3.63) is 202 Å². The summed E-state index contributed by atoms with van der Waals surface area (Å²) >= 11 is 5.49. The zero-order chi connectivity index (χ0) is 48.7. The van der Waals surface area contributed by atoms with E-state index in [1.165, 1.54) is 0 Å². The van der Waals surface area contributed by atoms with E-state index in [1.54, 1.807) is 0 Å². The van der Waals surface area contributed by atoms with Gasteiger partial charge in [-0.05, 0) is 68.2 Å². The first-order valence-corrected chi connectivity index (χ1v) is 26.0. The summed E-state index contributed by atoms with van der Waals surface area (Å²) in [5, 5.41) is 9.93. The van der Waals surface area contributed by atoms with E-state index >= 15 is 0 Å². The topological polar surface area (TPSA) is 119 Å². The van der Waals surface area contributed by atoms with E-state index in [1.807, 2.05) is 158 Å². The second-order valence-electron chi connectivity index (χ2n) is 16.7. The number of alkyl halides is 1. The first kappa shape index (κ1) is 55.0. The maximum atomic E-state index is 13.4. The Kier molecular flexibility index (Phi) is 23.6. The number of ether oxygens (including phenoxy) is 1. The summed E-state index contributed by atoms with van der Waals surface area (Å²) in [7, 11) is -7.57. The Morgan fingerprint density at radius 1 is 0.403 bits per heavy atom. The summed E-state index contributed by atoms with van der Waals surface area (Å²) in [5.74, 6) is 2.56. The highest BCUT2D eigenvalue weighted by Crippen LogP contribution is 2.52. The Balaban J connectivity index is 0.000000245. The molecule has 6 aromatic rings. The second-order valence-corrected chi connectivity index (χ2v) is 20.3. The fourth-order valence-electron chi connectivity index (χ4n) is 6.51. The number of phosphoric acid groups is 2. The fourth-order valence-corrected chi connectivity index (χ4v) is 8.84. The number of halogens is 1. The highest BCUT2D eigenvalue weighted by atomic mass is 35.5. The van der Waals surface area contributed by atoms with Gasteiger partial charge in [0.05, 0.1) is 26.4 Å². The van der Waals surface area contributed by atoms with Crippen molar-refractivity contribution in [3.63, 3.8) is 0 Å². The molecule has 0 unspecified atom stereocenters. The molecule has 10 nitrogen and oxygen atoms in total. The van der Waals surface area contributed by atoms with Crippen LogP contribution in [0.1, 0.15) is 124 Å². The Morgan fingerprint density at radius 3 is 0.970 bits per heavy atom. The molecule has 0 aliphatic heterocycles. The molecule has 360 valence electrons. The van der Waals surface area contributed by atoms with E-state index in [9.17, 15) is 14.2 Å². The molecule has 1 N–H and O–H groups in total. The van der Waals surface area contributed by atoms with Gasteiger partial charge in [0.1, 0.15) is 17.6 Å². The zero-order valence-corrected chi connectivity index (χ0v) is 42.5. The van der Waals surface area contributed by atoms with Crippen LogP contribution in [0.25, 0.3) is 0 Å². The monoisotopic (exact) mass is 972 g/mol. The van der Waals surface area contributed by atoms with Crippen molar-refractivity contribution in [3.8, 4) is 11.5 Å². The van der Waals surface area contributed by atoms with E-state index in [0.717, 1.165) is 50.3 Å². The lowest BCUT2D eigenvalue weighted by molar-refractivity contribution is 0.0433. The van der Waals surface area contributed by atoms with Crippen LogP contribution in [0.3, 0.4) is 0 Å². The fraction of sp³-hybridized carbons (Fsp3) is 0.333. The molecule has 0 radical (unpaired) electrons. The number of para-hydroxylation sites is 2. The third kappa shape index (κ3) is 19.2. The first-order valence-electron chi connectivity index (χ1n) is 22.5. The number of phosphoric ester groups is 2. The van der Waals surface area contributed by atoms with Crippen LogP contribution in [0, 0.1) is 0 Å². The van der Waals surface area contributed by atoms with Crippen LogP contribution in [-0.4, -0.2) is 18.0 Å². The number of aromatic hydroxyl groups is 1. The van der Waals surface area contributed by atoms with Gasteiger partial charge >= 0.3 is 15.6 Å². The average molecular weight is 974 g/mol. The van der Waals surface area contributed by atoms with Gasteiger partial charge in [-0.15, -0.1) is 0 Å². The molecule has 67 heavy (non-hydrogen) atoms. The van der Waals surface area contributed by atoms with Crippen molar-refractivity contribution < 1.29 is 46.1 Å². The van der Waals surface area contributed by atoms with E-state index in [4.69, 9.17) is 43.5 Å². The number of hydrogen-bond donors (Lipinski definition) is 1. The SMILES string of the molecule is CC(C)c1cccc(C(C)C)c1O.CC(C)c1cccc(C(C)C)c1OCOP(=O)(OCc1ccccc1)OCc1ccccc1.O=P(OCCl)(OCc1ccccc1)OCc1ccccc1. The van der Waals surface area contributed by atoms with Gasteiger partial charge in [0.25, 0.3) is 0 Å². The molecule has 6 aromatic carbocycles. The number of phenolic OH excluding ortho intramolecular Hbond substituents is 1. The number of hydrogen-bond acceptors (Lipinski definition) is 10. The molecule has 6 rings (SSSR count). The largest absolute Gasteiger partial charge is 0.507 e. The van der Waals surface area contributed by atoms with Gasteiger partial charge in [0.15, 0.2) is 6.79 Å². The van der Waals surface area contributed by atoms with Crippen LogP contribution >= 0.6 is 27.2 Å². The molecule has 0 aromatic heterocycles. The Bertz CT molecular complexity index is 2250.